The summed E-state index contributed by atoms with van der Waals surface area (Å²) in [5, 5.41) is 9.10. The Morgan fingerprint density at radius 3 is 2.89 bits per heavy atom. The first-order chi connectivity index (χ1) is 13.7. The van der Waals surface area contributed by atoms with Crippen LogP contribution in [-0.4, -0.2) is 44.1 Å². The number of nitrogens with zero attached hydrogens (tertiary/aromatic N) is 6. The summed E-state index contributed by atoms with van der Waals surface area (Å²) >= 11 is 1.47. The molecular weight excluding hydrogens is 376 g/mol. The molecule has 1 aromatic carbocycles. The summed E-state index contributed by atoms with van der Waals surface area (Å²) in [7, 11) is 1.63. The molecule has 0 aliphatic carbocycles. The van der Waals surface area contributed by atoms with Crippen molar-refractivity contribution in [2.24, 2.45) is 0 Å². The fourth-order valence-corrected chi connectivity index (χ4v) is 3.98. The van der Waals surface area contributed by atoms with Crippen molar-refractivity contribution in [1.82, 2.24) is 24.5 Å². The number of methoxy groups -OCH3 is 1. The molecule has 0 bridgehead atoms. The minimum Gasteiger partial charge on any atom is -0.497 e. The van der Waals surface area contributed by atoms with Gasteiger partial charge in [-0.3, -0.25) is 19.1 Å². The lowest BCUT2D eigenvalue weighted by atomic mass is 10.3. The molecule has 0 fully saturated rings. The maximum absolute atomic E-state index is 13.3. The van der Waals surface area contributed by atoms with Gasteiger partial charge in [0.15, 0.2) is 5.13 Å². The van der Waals surface area contributed by atoms with E-state index in [0.717, 1.165) is 16.0 Å². The molecule has 0 aliphatic rings. The second-order valence-corrected chi connectivity index (χ2v) is 7.10. The van der Waals surface area contributed by atoms with Crippen LogP contribution >= 0.6 is 11.3 Å². The van der Waals surface area contributed by atoms with Gasteiger partial charge in [0.25, 0.3) is 5.91 Å². The average molecular weight is 396 g/mol. The van der Waals surface area contributed by atoms with E-state index in [-0.39, 0.29) is 5.91 Å². The number of hydrogen-bond donors (Lipinski definition) is 0. The van der Waals surface area contributed by atoms with Gasteiger partial charge in [0, 0.05) is 31.7 Å². The van der Waals surface area contributed by atoms with E-state index >= 15 is 0 Å². The second-order valence-electron chi connectivity index (χ2n) is 6.09. The number of benzene rings is 1. The Morgan fingerprint density at radius 1 is 1.25 bits per heavy atom. The summed E-state index contributed by atoms with van der Waals surface area (Å²) in [6.07, 6.45) is 5.25. The molecule has 8 nitrogen and oxygen atoms in total. The molecule has 0 saturated heterocycles. The van der Waals surface area contributed by atoms with Gasteiger partial charge < -0.3 is 4.74 Å². The topological polar surface area (TPSA) is 78.1 Å². The molecule has 0 N–H and O–H groups in total. The highest BCUT2D eigenvalue weighted by Crippen LogP contribution is 2.32. The van der Waals surface area contributed by atoms with Gasteiger partial charge in [-0.2, -0.15) is 10.2 Å². The number of thiazole rings is 1. The van der Waals surface area contributed by atoms with E-state index in [1.807, 2.05) is 37.4 Å². The van der Waals surface area contributed by atoms with Crippen molar-refractivity contribution in [2.75, 3.05) is 18.6 Å². The number of carbonyl (C=O) groups is 1. The summed E-state index contributed by atoms with van der Waals surface area (Å²) in [6.45, 7) is 3.60. The number of aromatic nitrogens is 5. The van der Waals surface area contributed by atoms with Gasteiger partial charge in [0.1, 0.15) is 11.4 Å². The third-order valence-electron chi connectivity index (χ3n) is 4.41. The zero-order valence-electron chi connectivity index (χ0n) is 15.6. The van der Waals surface area contributed by atoms with Crippen molar-refractivity contribution in [3.63, 3.8) is 0 Å². The number of amides is 1. The van der Waals surface area contributed by atoms with Crippen molar-refractivity contribution in [2.45, 2.75) is 20.0 Å². The Balaban J connectivity index is 1.70. The monoisotopic (exact) mass is 396 g/mol. The average Bonchev–Trinajstić information content (AvgIpc) is 3.46. The highest BCUT2D eigenvalue weighted by atomic mass is 32.1. The van der Waals surface area contributed by atoms with Crippen molar-refractivity contribution in [3.05, 3.63) is 54.6 Å². The third-order valence-corrected chi connectivity index (χ3v) is 5.45. The molecule has 1 amide bonds. The van der Waals surface area contributed by atoms with Gasteiger partial charge in [-0.25, -0.2) is 4.98 Å². The number of carbonyl (C=O) groups excluding carboxylic acids is 1. The lowest BCUT2D eigenvalue weighted by Crippen LogP contribution is -2.35. The Hall–Kier alpha value is -3.20. The third kappa shape index (κ3) is 3.48. The first-order valence-electron chi connectivity index (χ1n) is 8.95. The van der Waals surface area contributed by atoms with Crippen LogP contribution in [0, 0.1) is 0 Å². The fourth-order valence-electron chi connectivity index (χ4n) is 2.96. The van der Waals surface area contributed by atoms with Gasteiger partial charge in [0.05, 0.1) is 23.9 Å². The first-order valence-corrected chi connectivity index (χ1v) is 9.77. The van der Waals surface area contributed by atoms with E-state index in [2.05, 4.69) is 15.2 Å². The first kappa shape index (κ1) is 18.2. The molecule has 28 heavy (non-hydrogen) atoms. The summed E-state index contributed by atoms with van der Waals surface area (Å²) in [5.41, 5.74) is 1.38. The van der Waals surface area contributed by atoms with Crippen LogP contribution < -0.4 is 9.64 Å². The van der Waals surface area contributed by atoms with Crippen LogP contribution in [0.25, 0.3) is 10.2 Å². The van der Waals surface area contributed by atoms with Crippen LogP contribution in [0.5, 0.6) is 5.75 Å². The molecule has 0 radical (unpaired) electrons. The van der Waals surface area contributed by atoms with E-state index in [1.165, 1.54) is 11.3 Å². The number of fused-ring (bicyclic) bond motifs is 1. The minimum absolute atomic E-state index is 0.127. The predicted molar refractivity (Wildman–Crippen MR) is 108 cm³/mol. The van der Waals surface area contributed by atoms with E-state index in [1.54, 1.807) is 39.8 Å². The van der Waals surface area contributed by atoms with Crippen molar-refractivity contribution < 1.29 is 9.53 Å². The summed E-state index contributed by atoms with van der Waals surface area (Å²) in [5.74, 6) is 0.638. The van der Waals surface area contributed by atoms with Crippen molar-refractivity contribution in [1.29, 1.82) is 0 Å². The second kappa shape index (κ2) is 7.81. The Bertz CT molecular complexity index is 1090. The van der Waals surface area contributed by atoms with Gasteiger partial charge in [-0.1, -0.05) is 11.3 Å². The van der Waals surface area contributed by atoms with Gasteiger partial charge in [-0.05, 0) is 37.3 Å². The van der Waals surface area contributed by atoms with Crippen LogP contribution in [-0.2, 0) is 13.1 Å². The molecular formula is C19H20N6O2S. The molecule has 3 aromatic heterocycles. The number of anilines is 1. The molecule has 0 saturated carbocycles. The van der Waals surface area contributed by atoms with Crippen molar-refractivity contribution >= 4 is 32.6 Å². The van der Waals surface area contributed by atoms with E-state index in [9.17, 15) is 4.79 Å². The zero-order chi connectivity index (χ0) is 19.5. The number of ether oxygens (including phenoxy) is 1. The van der Waals surface area contributed by atoms with Crippen LogP contribution in [0.4, 0.5) is 5.13 Å². The summed E-state index contributed by atoms with van der Waals surface area (Å²) in [4.78, 5) is 19.7. The molecule has 3 heterocycles. The highest BCUT2D eigenvalue weighted by molar-refractivity contribution is 7.22. The van der Waals surface area contributed by atoms with Crippen LogP contribution in [0.1, 0.15) is 17.4 Å². The lowest BCUT2D eigenvalue weighted by Gasteiger charge is -2.20. The van der Waals surface area contributed by atoms with Crippen LogP contribution in [0.15, 0.2) is 48.9 Å². The Kier molecular flexibility index (Phi) is 5.07. The largest absolute Gasteiger partial charge is 0.497 e. The highest BCUT2D eigenvalue weighted by Gasteiger charge is 2.24. The fraction of sp³-hybridized carbons (Fsp3) is 0.263. The Morgan fingerprint density at radius 2 is 2.14 bits per heavy atom. The maximum Gasteiger partial charge on any atom is 0.278 e. The standard InChI is InChI=1S/C19H20N6O2S/c1-3-25-16(7-9-21-25)18(26)24(12-11-23-10-4-8-20-23)19-22-15-6-5-14(27-2)13-17(15)28-19/h4-10,13H,3,11-12H2,1-2H3. The molecule has 9 heteroatoms. The number of aryl methyl sites for hydroxylation is 1. The minimum atomic E-state index is -0.127. The maximum atomic E-state index is 13.3. The number of rotatable bonds is 7. The molecule has 4 aromatic rings. The van der Waals surface area contributed by atoms with Crippen LogP contribution in [0.3, 0.4) is 0 Å². The van der Waals surface area contributed by atoms with Crippen LogP contribution in [0.2, 0.25) is 0 Å². The molecule has 0 spiro atoms. The molecule has 0 atom stereocenters. The van der Waals surface area contributed by atoms with Crippen molar-refractivity contribution in [3.8, 4) is 5.75 Å². The SMILES string of the molecule is CCn1nccc1C(=O)N(CCn1cccn1)c1nc2ccc(OC)cc2s1. The molecule has 144 valence electrons. The molecule has 0 aliphatic heterocycles. The van der Waals surface area contributed by atoms with E-state index in [4.69, 9.17) is 4.74 Å². The van der Waals surface area contributed by atoms with E-state index < -0.39 is 0 Å². The predicted octanol–water partition coefficient (Wildman–Crippen LogP) is 3.06. The van der Waals surface area contributed by atoms with Gasteiger partial charge in [0.2, 0.25) is 0 Å². The summed E-state index contributed by atoms with van der Waals surface area (Å²) < 4.78 is 9.76. The molecule has 4 rings (SSSR count). The zero-order valence-corrected chi connectivity index (χ0v) is 16.5. The van der Waals surface area contributed by atoms with Gasteiger partial charge in [-0.15, -0.1) is 0 Å². The van der Waals surface area contributed by atoms with Gasteiger partial charge >= 0.3 is 0 Å². The quantitative estimate of drug-likeness (QED) is 0.480. The van der Waals surface area contributed by atoms with E-state index in [0.29, 0.717) is 30.5 Å². The number of hydrogen-bond acceptors (Lipinski definition) is 6. The normalized spacial score (nSPS) is 11.1. The lowest BCUT2D eigenvalue weighted by molar-refractivity contribution is 0.0975. The summed E-state index contributed by atoms with van der Waals surface area (Å²) in [6, 6.07) is 9.31. The molecule has 0 unspecified atom stereocenters. The smallest absolute Gasteiger partial charge is 0.278 e. The Labute approximate surface area is 166 Å².